The summed E-state index contributed by atoms with van der Waals surface area (Å²) in [6.07, 6.45) is 0. The Balaban J connectivity index is 2.47. The Morgan fingerprint density at radius 3 is 2.29 bits per heavy atom. The lowest BCUT2D eigenvalue weighted by Gasteiger charge is -2.16. The van der Waals surface area contributed by atoms with Gasteiger partial charge in [-0.05, 0) is 6.07 Å². The van der Waals surface area contributed by atoms with Crippen LogP contribution in [0.2, 0.25) is 5.02 Å². The van der Waals surface area contributed by atoms with Gasteiger partial charge in [-0.25, -0.2) is 4.79 Å². The summed E-state index contributed by atoms with van der Waals surface area (Å²) in [7, 11) is 0. The van der Waals surface area contributed by atoms with E-state index >= 15 is 0 Å². The van der Waals surface area contributed by atoms with Crippen LogP contribution in [0.5, 0.6) is 11.5 Å². The Morgan fingerprint density at radius 1 is 1.24 bits per heavy atom. The quantitative estimate of drug-likeness (QED) is 0.648. The first-order valence-electron chi connectivity index (χ1n) is 4.79. The Bertz CT molecular complexity index is 521. The van der Waals surface area contributed by atoms with Crippen LogP contribution in [0.1, 0.15) is 24.2 Å². The number of rotatable bonds is 2. The van der Waals surface area contributed by atoms with Crippen LogP contribution in [0.25, 0.3) is 0 Å². The summed E-state index contributed by atoms with van der Waals surface area (Å²) >= 11 is 5.82. The van der Waals surface area contributed by atoms with Crippen LogP contribution < -0.4 is 9.47 Å². The fraction of sp³-hybridized carbons (Fsp3) is 0.273. The third kappa shape index (κ3) is 2.06. The van der Waals surface area contributed by atoms with E-state index in [4.69, 9.17) is 26.2 Å². The van der Waals surface area contributed by atoms with Crippen molar-refractivity contribution in [2.75, 3.05) is 0 Å². The summed E-state index contributed by atoms with van der Waals surface area (Å²) in [6.45, 7) is 3.39. The first-order valence-corrected chi connectivity index (χ1v) is 5.17. The summed E-state index contributed by atoms with van der Waals surface area (Å²) in [4.78, 5) is 21.9. The van der Waals surface area contributed by atoms with Crippen molar-refractivity contribution in [3.8, 4) is 11.5 Å². The number of aliphatic carboxylic acids is 1. The molecule has 1 aromatic rings. The molecule has 2 rings (SSSR count). The first kappa shape index (κ1) is 11.7. The van der Waals surface area contributed by atoms with Crippen molar-refractivity contribution < 1.29 is 24.2 Å². The number of carboxylic acids is 1. The Labute approximate surface area is 102 Å². The van der Waals surface area contributed by atoms with Gasteiger partial charge in [0.1, 0.15) is 0 Å². The van der Waals surface area contributed by atoms with Crippen molar-refractivity contribution in [2.24, 2.45) is 0 Å². The average Bonchev–Trinajstić information content (AvgIpc) is 2.48. The molecule has 6 heteroatoms. The molecule has 5 nitrogen and oxygen atoms in total. The van der Waals surface area contributed by atoms with Crippen molar-refractivity contribution in [1.29, 1.82) is 0 Å². The van der Waals surface area contributed by atoms with Gasteiger partial charge in [0.2, 0.25) is 5.79 Å². The van der Waals surface area contributed by atoms with Crippen LogP contribution in [0.15, 0.2) is 12.1 Å². The van der Waals surface area contributed by atoms with Gasteiger partial charge < -0.3 is 14.6 Å². The summed E-state index contributed by atoms with van der Waals surface area (Å²) in [5, 5.41) is 8.66. The number of carbonyl (C=O) groups excluding carboxylic acids is 1. The van der Waals surface area contributed by atoms with Gasteiger partial charge in [-0.3, -0.25) is 4.79 Å². The molecule has 1 aliphatic heterocycles. The zero-order valence-corrected chi connectivity index (χ0v) is 9.87. The van der Waals surface area contributed by atoms with Crippen LogP contribution in [0, 0.1) is 0 Å². The molecule has 0 bridgehead atoms. The minimum atomic E-state index is -1.56. The minimum absolute atomic E-state index is 0.0254. The largest absolute Gasteiger partial charge is 0.475 e. The molecular formula is C11H9ClO5. The molecule has 0 radical (unpaired) electrons. The van der Waals surface area contributed by atoms with Gasteiger partial charge >= 0.3 is 5.97 Å². The van der Waals surface area contributed by atoms with Gasteiger partial charge in [0.25, 0.3) is 5.78 Å². The number of hydrogen-bond donors (Lipinski definition) is 1. The standard InChI is InChI=1S/C11H9ClO5/c1-11(2)16-7-3-5(9(13)10(14)15)6(12)4-8(7)17-11/h3-4H,1-2H3,(H,14,15). The lowest BCUT2D eigenvalue weighted by Crippen LogP contribution is -2.29. The zero-order chi connectivity index (χ0) is 12.8. The summed E-state index contributed by atoms with van der Waals surface area (Å²) in [5.74, 6) is -2.79. The number of carboxylic acid groups (broad SMARTS) is 1. The van der Waals surface area contributed by atoms with E-state index in [-0.39, 0.29) is 10.6 Å². The molecule has 1 N–H and O–H groups in total. The highest BCUT2D eigenvalue weighted by Crippen LogP contribution is 2.42. The van der Waals surface area contributed by atoms with Gasteiger partial charge in [0.15, 0.2) is 11.5 Å². The second-order valence-electron chi connectivity index (χ2n) is 4.02. The second-order valence-corrected chi connectivity index (χ2v) is 4.42. The maximum absolute atomic E-state index is 11.3. The lowest BCUT2D eigenvalue weighted by atomic mass is 10.1. The summed E-state index contributed by atoms with van der Waals surface area (Å²) in [5.41, 5.74) is -0.112. The predicted molar refractivity (Wildman–Crippen MR) is 58.8 cm³/mol. The molecule has 90 valence electrons. The van der Waals surface area contributed by atoms with Crippen molar-refractivity contribution in [2.45, 2.75) is 19.6 Å². The molecule has 0 saturated carbocycles. The predicted octanol–water partition coefficient (Wildman–Crippen LogP) is 2.11. The third-order valence-electron chi connectivity index (χ3n) is 2.18. The Hall–Kier alpha value is -1.75. The summed E-state index contributed by atoms with van der Waals surface area (Å²) in [6, 6.07) is 2.66. The molecule has 0 atom stereocenters. The van der Waals surface area contributed by atoms with E-state index in [1.54, 1.807) is 13.8 Å². The number of halogens is 1. The van der Waals surface area contributed by atoms with E-state index in [0.717, 1.165) is 0 Å². The third-order valence-corrected chi connectivity index (χ3v) is 2.50. The van der Waals surface area contributed by atoms with E-state index in [2.05, 4.69) is 0 Å². The highest BCUT2D eigenvalue weighted by molar-refractivity contribution is 6.45. The number of carbonyl (C=O) groups is 2. The van der Waals surface area contributed by atoms with Crippen LogP contribution in [-0.2, 0) is 4.79 Å². The minimum Gasteiger partial charge on any atom is -0.475 e. The zero-order valence-electron chi connectivity index (χ0n) is 9.11. The number of ether oxygens (including phenoxy) is 2. The fourth-order valence-corrected chi connectivity index (χ4v) is 1.77. The van der Waals surface area contributed by atoms with E-state index in [1.165, 1.54) is 12.1 Å². The molecule has 0 unspecified atom stereocenters. The lowest BCUT2D eigenvalue weighted by molar-refractivity contribution is -0.131. The highest BCUT2D eigenvalue weighted by atomic mass is 35.5. The number of benzene rings is 1. The molecule has 1 heterocycles. The fourth-order valence-electron chi connectivity index (χ4n) is 1.53. The molecule has 0 spiro atoms. The van der Waals surface area contributed by atoms with Crippen molar-refractivity contribution >= 4 is 23.4 Å². The van der Waals surface area contributed by atoms with Crippen LogP contribution in [0.4, 0.5) is 0 Å². The maximum atomic E-state index is 11.3. The van der Waals surface area contributed by atoms with Gasteiger partial charge in [0.05, 0.1) is 10.6 Å². The van der Waals surface area contributed by atoms with Gasteiger partial charge in [-0.2, -0.15) is 0 Å². The molecule has 1 aliphatic rings. The van der Waals surface area contributed by atoms with E-state index < -0.39 is 17.5 Å². The van der Waals surface area contributed by atoms with E-state index in [0.29, 0.717) is 11.5 Å². The van der Waals surface area contributed by atoms with E-state index in [1.807, 2.05) is 0 Å². The number of fused-ring (bicyclic) bond motifs is 1. The second kappa shape index (κ2) is 3.63. The molecular weight excluding hydrogens is 248 g/mol. The molecule has 0 fully saturated rings. The van der Waals surface area contributed by atoms with Crippen LogP contribution in [-0.4, -0.2) is 22.6 Å². The normalized spacial score (nSPS) is 15.7. The maximum Gasteiger partial charge on any atom is 0.377 e. The smallest absolute Gasteiger partial charge is 0.377 e. The van der Waals surface area contributed by atoms with Gasteiger partial charge in [0, 0.05) is 19.9 Å². The molecule has 0 aromatic heterocycles. The molecule has 0 saturated heterocycles. The van der Waals surface area contributed by atoms with Gasteiger partial charge in [-0.1, -0.05) is 11.6 Å². The van der Waals surface area contributed by atoms with Crippen molar-refractivity contribution in [1.82, 2.24) is 0 Å². The molecule has 0 amide bonds. The Morgan fingerprint density at radius 2 is 1.76 bits per heavy atom. The molecule has 0 aliphatic carbocycles. The topological polar surface area (TPSA) is 72.8 Å². The van der Waals surface area contributed by atoms with Crippen LogP contribution in [0.3, 0.4) is 0 Å². The first-order chi connectivity index (χ1) is 7.80. The molecule has 1 aromatic carbocycles. The Kier molecular flexibility index (Phi) is 2.50. The number of ketones is 1. The molecule has 17 heavy (non-hydrogen) atoms. The average molecular weight is 257 g/mol. The summed E-state index contributed by atoms with van der Waals surface area (Å²) < 4.78 is 10.8. The van der Waals surface area contributed by atoms with Crippen LogP contribution >= 0.6 is 11.6 Å². The number of hydrogen-bond acceptors (Lipinski definition) is 4. The van der Waals surface area contributed by atoms with Crippen molar-refractivity contribution in [3.05, 3.63) is 22.7 Å². The van der Waals surface area contributed by atoms with E-state index in [9.17, 15) is 9.59 Å². The van der Waals surface area contributed by atoms with Gasteiger partial charge in [-0.15, -0.1) is 0 Å². The number of Topliss-reactive ketones (excluding diaryl/α,β-unsaturated/α-hetero) is 1. The monoisotopic (exact) mass is 256 g/mol. The SMILES string of the molecule is CC1(C)Oc2cc(Cl)c(C(=O)C(=O)O)cc2O1. The van der Waals surface area contributed by atoms with Crippen molar-refractivity contribution in [3.63, 3.8) is 0 Å². The highest BCUT2D eigenvalue weighted by Gasteiger charge is 2.33.